The largest absolute Gasteiger partial charge is 0.320 e. The average molecular weight is 212 g/mol. The zero-order chi connectivity index (χ0) is 11.1. The van der Waals surface area contributed by atoms with Crippen LogP contribution in [-0.4, -0.2) is 38.1 Å². The first kappa shape index (κ1) is 13.0. The van der Waals surface area contributed by atoms with Gasteiger partial charge < -0.3 is 10.2 Å². The smallest absolute Gasteiger partial charge is 0.000979 e. The van der Waals surface area contributed by atoms with E-state index in [1.165, 1.54) is 45.3 Å². The molecular formula is C13H28N2. The lowest BCUT2D eigenvalue weighted by Gasteiger charge is -2.37. The molecule has 2 heteroatoms. The van der Waals surface area contributed by atoms with Crippen LogP contribution >= 0.6 is 0 Å². The number of likely N-dealkylation sites (tertiary alicyclic amines) is 1. The van der Waals surface area contributed by atoms with Crippen LogP contribution in [0.3, 0.4) is 0 Å². The monoisotopic (exact) mass is 212 g/mol. The van der Waals surface area contributed by atoms with E-state index in [1.54, 1.807) is 0 Å². The summed E-state index contributed by atoms with van der Waals surface area (Å²) in [6.07, 6.45) is 5.48. The van der Waals surface area contributed by atoms with E-state index in [2.05, 4.69) is 24.1 Å². The molecule has 1 aliphatic rings. The first-order valence-electron chi connectivity index (χ1n) is 6.67. The van der Waals surface area contributed by atoms with Gasteiger partial charge in [-0.3, -0.25) is 0 Å². The molecule has 0 bridgehead atoms. The van der Waals surface area contributed by atoms with E-state index in [-0.39, 0.29) is 0 Å². The standard InChI is InChI=1S/C13H28N2/c1-4-12-9-13(5-2)11-15(10-12)8-6-7-14-3/h12-14H,4-11H2,1-3H3/t12-,13+. The van der Waals surface area contributed by atoms with Crippen molar-refractivity contribution in [1.29, 1.82) is 0 Å². The van der Waals surface area contributed by atoms with Crippen LogP contribution in [0.25, 0.3) is 0 Å². The van der Waals surface area contributed by atoms with Crippen molar-refractivity contribution in [3.63, 3.8) is 0 Å². The lowest BCUT2D eigenvalue weighted by molar-refractivity contribution is 0.119. The summed E-state index contributed by atoms with van der Waals surface area (Å²) >= 11 is 0. The highest BCUT2D eigenvalue weighted by molar-refractivity contribution is 4.77. The Morgan fingerprint density at radius 2 is 1.73 bits per heavy atom. The number of hydrogen-bond donors (Lipinski definition) is 1. The molecule has 0 amide bonds. The number of rotatable bonds is 6. The topological polar surface area (TPSA) is 15.3 Å². The van der Waals surface area contributed by atoms with Gasteiger partial charge in [-0.25, -0.2) is 0 Å². The third-order valence-electron chi connectivity index (χ3n) is 3.76. The summed E-state index contributed by atoms with van der Waals surface area (Å²) in [5.41, 5.74) is 0. The summed E-state index contributed by atoms with van der Waals surface area (Å²) in [6, 6.07) is 0. The van der Waals surface area contributed by atoms with Gasteiger partial charge in [0.15, 0.2) is 0 Å². The van der Waals surface area contributed by atoms with Crippen LogP contribution in [0.2, 0.25) is 0 Å². The lowest BCUT2D eigenvalue weighted by atomic mass is 9.86. The Bertz CT molecular complexity index is 147. The summed E-state index contributed by atoms with van der Waals surface area (Å²) in [7, 11) is 2.04. The fraction of sp³-hybridized carbons (Fsp3) is 1.00. The van der Waals surface area contributed by atoms with Gasteiger partial charge >= 0.3 is 0 Å². The Morgan fingerprint density at radius 3 is 2.20 bits per heavy atom. The quantitative estimate of drug-likeness (QED) is 0.680. The summed E-state index contributed by atoms with van der Waals surface area (Å²) < 4.78 is 0. The van der Waals surface area contributed by atoms with Gasteiger partial charge in [0.2, 0.25) is 0 Å². The van der Waals surface area contributed by atoms with Gasteiger partial charge in [0.05, 0.1) is 0 Å². The Morgan fingerprint density at radius 1 is 1.13 bits per heavy atom. The Kier molecular flexibility index (Phi) is 6.26. The van der Waals surface area contributed by atoms with Gasteiger partial charge in [-0.2, -0.15) is 0 Å². The predicted molar refractivity (Wildman–Crippen MR) is 67.2 cm³/mol. The van der Waals surface area contributed by atoms with E-state index in [9.17, 15) is 0 Å². The molecule has 0 saturated carbocycles. The van der Waals surface area contributed by atoms with E-state index < -0.39 is 0 Å². The molecule has 0 unspecified atom stereocenters. The van der Waals surface area contributed by atoms with E-state index in [1.807, 2.05) is 7.05 Å². The molecule has 1 fully saturated rings. The summed E-state index contributed by atoms with van der Waals surface area (Å²) in [5.74, 6) is 1.91. The zero-order valence-corrected chi connectivity index (χ0v) is 10.8. The van der Waals surface area contributed by atoms with E-state index in [0.29, 0.717) is 0 Å². The molecule has 0 aliphatic carbocycles. The van der Waals surface area contributed by atoms with Crippen LogP contribution in [0.5, 0.6) is 0 Å². The third kappa shape index (κ3) is 4.52. The number of hydrogen-bond acceptors (Lipinski definition) is 2. The third-order valence-corrected chi connectivity index (χ3v) is 3.76. The highest BCUT2D eigenvalue weighted by Gasteiger charge is 2.24. The molecule has 0 aromatic heterocycles. The molecule has 2 atom stereocenters. The van der Waals surface area contributed by atoms with Crippen LogP contribution in [0, 0.1) is 11.8 Å². The Balaban J connectivity index is 2.29. The first-order chi connectivity index (χ1) is 7.30. The second-order valence-corrected chi connectivity index (χ2v) is 5.00. The molecule has 0 spiro atoms. The molecule has 15 heavy (non-hydrogen) atoms. The van der Waals surface area contributed by atoms with Crippen LogP contribution in [0.1, 0.15) is 39.5 Å². The van der Waals surface area contributed by atoms with Crippen molar-refractivity contribution in [3.8, 4) is 0 Å². The van der Waals surface area contributed by atoms with E-state index in [4.69, 9.17) is 0 Å². The van der Waals surface area contributed by atoms with Crippen LogP contribution in [0.4, 0.5) is 0 Å². The molecule has 90 valence electrons. The van der Waals surface area contributed by atoms with Gasteiger partial charge in [0.1, 0.15) is 0 Å². The zero-order valence-electron chi connectivity index (χ0n) is 10.8. The van der Waals surface area contributed by atoms with Gasteiger partial charge in [-0.15, -0.1) is 0 Å². The minimum Gasteiger partial charge on any atom is -0.320 e. The molecular weight excluding hydrogens is 184 g/mol. The normalized spacial score (nSPS) is 28.2. The van der Waals surface area contributed by atoms with Crippen molar-refractivity contribution in [2.24, 2.45) is 11.8 Å². The van der Waals surface area contributed by atoms with Gasteiger partial charge in [-0.05, 0) is 44.8 Å². The van der Waals surface area contributed by atoms with Crippen molar-refractivity contribution >= 4 is 0 Å². The van der Waals surface area contributed by atoms with Crippen molar-refractivity contribution in [3.05, 3.63) is 0 Å². The molecule has 1 N–H and O–H groups in total. The molecule has 1 heterocycles. The van der Waals surface area contributed by atoms with Crippen molar-refractivity contribution in [1.82, 2.24) is 10.2 Å². The molecule has 1 saturated heterocycles. The second kappa shape index (κ2) is 7.24. The highest BCUT2D eigenvalue weighted by atomic mass is 15.1. The van der Waals surface area contributed by atoms with Crippen LogP contribution < -0.4 is 5.32 Å². The molecule has 0 radical (unpaired) electrons. The van der Waals surface area contributed by atoms with Crippen molar-refractivity contribution < 1.29 is 0 Å². The number of nitrogens with one attached hydrogen (secondary N) is 1. The first-order valence-corrected chi connectivity index (χ1v) is 6.67. The molecule has 0 aromatic carbocycles. The molecule has 0 aromatic rings. The minimum absolute atomic E-state index is 0.957. The SMILES string of the molecule is CC[C@@H]1C[C@H](CC)CN(CCCNC)C1. The van der Waals surface area contributed by atoms with Gasteiger partial charge in [0, 0.05) is 13.1 Å². The fourth-order valence-electron chi connectivity index (χ4n) is 2.68. The maximum absolute atomic E-state index is 3.23. The summed E-state index contributed by atoms with van der Waals surface area (Å²) in [6.45, 7) is 9.81. The highest BCUT2D eigenvalue weighted by Crippen LogP contribution is 2.26. The predicted octanol–water partition coefficient (Wildman–Crippen LogP) is 2.35. The summed E-state index contributed by atoms with van der Waals surface area (Å²) in [4.78, 5) is 2.68. The average Bonchev–Trinajstić information content (AvgIpc) is 2.29. The van der Waals surface area contributed by atoms with E-state index in [0.717, 1.165) is 18.4 Å². The molecule has 1 aliphatic heterocycles. The number of piperidine rings is 1. The summed E-state index contributed by atoms with van der Waals surface area (Å²) in [5, 5.41) is 3.23. The fourth-order valence-corrected chi connectivity index (χ4v) is 2.68. The van der Waals surface area contributed by atoms with Gasteiger partial charge in [-0.1, -0.05) is 26.7 Å². The second-order valence-electron chi connectivity index (χ2n) is 5.00. The molecule has 1 rings (SSSR count). The van der Waals surface area contributed by atoms with Gasteiger partial charge in [0.25, 0.3) is 0 Å². The Hall–Kier alpha value is -0.0800. The Labute approximate surface area is 95.4 Å². The maximum atomic E-state index is 3.23. The molecule has 2 nitrogen and oxygen atoms in total. The lowest BCUT2D eigenvalue weighted by Crippen LogP contribution is -2.41. The van der Waals surface area contributed by atoms with E-state index >= 15 is 0 Å². The van der Waals surface area contributed by atoms with Crippen molar-refractivity contribution in [2.75, 3.05) is 33.2 Å². The van der Waals surface area contributed by atoms with Crippen LogP contribution in [-0.2, 0) is 0 Å². The maximum Gasteiger partial charge on any atom is 0.000979 e. The minimum atomic E-state index is 0.957. The van der Waals surface area contributed by atoms with Crippen LogP contribution in [0.15, 0.2) is 0 Å². The number of nitrogens with zero attached hydrogens (tertiary/aromatic N) is 1. The van der Waals surface area contributed by atoms with Crippen molar-refractivity contribution in [2.45, 2.75) is 39.5 Å².